The summed E-state index contributed by atoms with van der Waals surface area (Å²) in [4.78, 5) is 13.9. The van der Waals surface area contributed by atoms with Gasteiger partial charge in [0.05, 0.1) is 11.1 Å². The van der Waals surface area contributed by atoms with Crippen molar-refractivity contribution in [2.24, 2.45) is 0 Å². The smallest absolute Gasteiger partial charge is 0.319 e. The minimum atomic E-state index is -0.572. The number of aliphatic hydroxyl groups is 1. The maximum absolute atomic E-state index is 16.7. The predicted molar refractivity (Wildman–Crippen MR) is 163 cm³/mol. The molecule has 3 aliphatic heterocycles. The molecule has 7 rings (SSSR count). The van der Waals surface area contributed by atoms with Gasteiger partial charge in [-0.05, 0) is 67.1 Å². The van der Waals surface area contributed by atoms with Crippen molar-refractivity contribution in [3.05, 3.63) is 53.3 Å². The molecule has 4 aromatic rings. The number of halogens is 2. The van der Waals surface area contributed by atoms with Gasteiger partial charge in [-0.25, -0.2) is 4.39 Å². The van der Waals surface area contributed by atoms with Crippen LogP contribution in [0.1, 0.15) is 32.6 Å². The van der Waals surface area contributed by atoms with E-state index >= 15 is 4.39 Å². The number of fused-ring (bicyclic) bond motifs is 4. The van der Waals surface area contributed by atoms with Gasteiger partial charge in [0.1, 0.15) is 23.2 Å². The molecule has 8 nitrogen and oxygen atoms in total. The number of benzene rings is 3. The fourth-order valence-corrected chi connectivity index (χ4v) is 7.15. The van der Waals surface area contributed by atoms with E-state index in [4.69, 9.17) is 21.3 Å². The molecule has 3 fully saturated rings. The number of likely N-dealkylation sites (tertiary alicyclic amines) is 1. The zero-order valence-electron chi connectivity index (χ0n) is 23.6. The molecule has 1 aromatic heterocycles. The number of nitrogens with zero attached hydrogens (tertiary/aromatic N) is 4. The van der Waals surface area contributed by atoms with Crippen LogP contribution in [0.15, 0.2) is 42.5 Å². The van der Waals surface area contributed by atoms with E-state index in [-0.39, 0.29) is 40.1 Å². The minimum absolute atomic E-state index is 0.0296. The summed E-state index contributed by atoms with van der Waals surface area (Å²) in [6, 6.07) is 13.3. The van der Waals surface area contributed by atoms with Crippen LogP contribution in [-0.2, 0) is 0 Å². The summed E-state index contributed by atoms with van der Waals surface area (Å²) in [6.07, 6.45) is 3.19. The molecular weight excluding hydrogens is 557 g/mol. The van der Waals surface area contributed by atoms with Crippen LogP contribution in [0.25, 0.3) is 32.8 Å². The van der Waals surface area contributed by atoms with Crippen LogP contribution in [-0.4, -0.2) is 82.1 Å². The Morgan fingerprint density at radius 2 is 1.79 bits per heavy atom. The minimum Gasteiger partial charge on any atom is -0.508 e. The molecule has 3 atom stereocenters. The molecule has 2 unspecified atom stereocenters. The van der Waals surface area contributed by atoms with E-state index in [0.29, 0.717) is 35.4 Å². The first kappa shape index (κ1) is 27.6. The number of aromatic nitrogens is 2. The van der Waals surface area contributed by atoms with Gasteiger partial charge in [0.25, 0.3) is 0 Å². The first-order chi connectivity index (χ1) is 20.3. The lowest BCUT2D eigenvalue weighted by Gasteiger charge is -2.34. The summed E-state index contributed by atoms with van der Waals surface area (Å²) in [6.45, 7) is 5.74. The summed E-state index contributed by atoms with van der Waals surface area (Å²) in [7, 11) is 0. The molecule has 3 aromatic carbocycles. The van der Waals surface area contributed by atoms with Crippen LogP contribution in [0.2, 0.25) is 5.02 Å². The Morgan fingerprint density at radius 1 is 1.05 bits per heavy atom. The van der Waals surface area contributed by atoms with E-state index in [0.717, 1.165) is 62.6 Å². The fraction of sp³-hybridized carbons (Fsp3) is 0.438. The van der Waals surface area contributed by atoms with Crippen LogP contribution >= 0.6 is 11.6 Å². The monoisotopic (exact) mass is 591 g/mol. The lowest BCUT2D eigenvalue weighted by Crippen LogP contribution is -2.51. The molecule has 0 radical (unpaired) electrons. The molecule has 4 heterocycles. The van der Waals surface area contributed by atoms with Gasteiger partial charge in [-0.2, -0.15) is 9.97 Å². The zero-order valence-corrected chi connectivity index (χ0v) is 24.3. The average molecular weight is 592 g/mol. The number of aliphatic hydroxyl groups excluding tert-OH is 1. The number of nitrogens with one attached hydrogen (secondary N) is 1. The molecule has 2 bridgehead atoms. The van der Waals surface area contributed by atoms with E-state index < -0.39 is 5.82 Å². The SMILES string of the molecule is C[C@H](CN1CCC(O)CC1)Oc1nc(N2CC3CCC(C2)N3)c2cc(Cl)c(-c3cc(O)cc4ccccc34)c(F)c2n1. The second kappa shape index (κ2) is 11.1. The number of hydrogen-bond donors (Lipinski definition) is 3. The lowest BCUT2D eigenvalue weighted by atomic mass is 9.96. The predicted octanol–water partition coefficient (Wildman–Crippen LogP) is 5.11. The number of aromatic hydroxyl groups is 1. The van der Waals surface area contributed by atoms with Crippen LogP contribution in [0.5, 0.6) is 11.8 Å². The van der Waals surface area contributed by atoms with Crippen molar-refractivity contribution in [3.8, 4) is 22.9 Å². The van der Waals surface area contributed by atoms with Crippen LogP contribution in [0.3, 0.4) is 0 Å². The first-order valence-corrected chi connectivity index (χ1v) is 15.2. The van der Waals surface area contributed by atoms with Gasteiger partial charge in [0, 0.05) is 55.8 Å². The molecule has 3 saturated heterocycles. The highest BCUT2D eigenvalue weighted by Crippen LogP contribution is 2.43. The van der Waals surface area contributed by atoms with Crippen LogP contribution < -0.4 is 15.0 Å². The third-order valence-corrected chi connectivity index (χ3v) is 9.15. The fourth-order valence-electron chi connectivity index (χ4n) is 6.85. The van der Waals surface area contributed by atoms with Crippen molar-refractivity contribution >= 4 is 39.1 Å². The average Bonchev–Trinajstić information content (AvgIpc) is 3.31. The third kappa shape index (κ3) is 5.24. The van der Waals surface area contributed by atoms with Gasteiger partial charge in [0.2, 0.25) is 0 Å². The summed E-state index contributed by atoms with van der Waals surface area (Å²) in [5.74, 6) is 0.0781. The van der Waals surface area contributed by atoms with Crippen molar-refractivity contribution in [3.63, 3.8) is 0 Å². The van der Waals surface area contributed by atoms with E-state index in [9.17, 15) is 10.2 Å². The first-order valence-electron chi connectivity index (χ1n) is 14.8. The summed E-state index contributed by atoms with van der Waals surface area (Å²) in [5.41, 5.74) is 0.826. The Labute approximate surface area is 249 Å². The third-order valence-electron chi connectivity index (χ3n) is 8.85. The number of rotatable bonds is 6. The number of phenolic OH excluding ortho intramolecular Hbond substituents is 1. The number of piperidine rings is 1. The molecule has 3 aliphatic rings. The Bertz CT molecular complexity index is 1630. The Hall–Kier alpha value is -3.24. The van der Waals surface area contributed by atoms with E-state index in [1.54, 1.807) is 18.2 Å². The van der Waals surface area contributed by atoms with E-state index in [1.807, 2.05) is 31.2 Å². The van der Waals surface area contributed by atoms with E-state index in [1.165, 1.54) is 0 Å². The van der Waals surface area contributed by atoms with Crippen LogP contribution in [0, 0.1) is 5.82 Å². The Morgan fingerprint density at radius 3 is 2.55 bits per heavy atom. The van der Waals surface area contributed by atoms with Gasteiger partial charge >= 0.3 is 6.01 Å². The highest BCUT2D eigenvalue weighted by molar-refractivity contribution is 6.35. The zero-order chi connectivity index (χ0) is 29.0. The van der Waals surface area contributed by atoms with Crippen molar-refractivity contribution < 1.29 is 19.3 Å². The summed E-state index contributed by atoms with van der Waals surface area (Å²) >= 11 is 6.86. The largest absolute Gasteiger partial charge is 0.508 e. The number of piperazine rings is 1. The van der Waals surface area contributed by atoms with Crippen molar-refractivity contribution in [1.82, 2.24) is 20.2 Å². The van der Waals surface area contributed by atoms with Gasteiger partial charge in [0.15, 0.2) is 5.82 Å². The Balaban J connectivity index is 1.33. The molecule has 3 N–H and O–H groups in total. The number of phenols is 1. The van der Waals surface area contributed by atoms with E-state index in [2.05, 4.69) is 20.1 Å². The van der Waals surface area contributed by atoms with Crippen molar-refractivity contribution in [2.75, 3.05) is 37.6 Å². The molecular formula is C32H35ClFN5O3. The molecule has 10 heteroatoms. The molecule has 42 heavy (non-hydrogen) atoms. The van der Waals surface area contributed by atoms with Crippen molar-refractivity contribution in [1.29, 1.82) is 0 Å². The second-order valence-electron chi connectivity index (χ2n) is 12.0. The lowest BCUT2D eigenvalue weighted by molar-refractivity contribution is 0.0597. The number of ether oxygens (including phenoxy) is 1. The maximum atomic E-state index is 16.7. The normalized spacial score (nSPS) is 22.2. The maximum Gasteiger partial charge on any atom is 0.319 e. The summed E-state index contributed by atoms with van der Waals surface area (Å²) in [5, 5.41) is 26.3. The van der Waals surface area contributed by atoms with Crippen LogP contribution in [0.4, 0.5) is 10.2 Å². The standard InChI is InChI=1S/C32H35ClFN5O3/c1-18(15-38-10-8-22(40)9-11-38)42-32-36-30-26(31(37-32)39-16-20-6-7-21(17-39)35-20)14-27(33)28(29(30)34)25-13-23(41)12-19-4-2-3-5-24(19)25/h2-5,12-14,18,20-22,35,40-41H,6-11,15-17H2,1H3/t18-,20?,21?/m1/s1. The quantitative estimate of drug-likeness (QED) is 0.285. The Kier molecular flexibility index (Phi) is 7.30. The number of anilines is 1. The topological polar surface area (TPSA) is 94.0 Å². The van der Waals surface area contributed by atoms with Gasteiger partial charge < -0.3 is 25.2 Å². The molecule has 0 amide bonds. The summed E-state index contributed by atoms with van der Waals surface area (Å²) < 4.78 is 23.0. The molecule has 220 valence electrons. The van der Waals surface area contributed by atoms with Gasteiger partial charge in [-0.15, -0.1) is 0 Å². The van der Waals surface area contributed by atoms with Gasteiger partial charge in [-0.3, -0.25) is 4.90 Å². The number of hydrogen-bond acceptors (Lipinski definition) is 8. The van der Waals surface area contributed by atoms with Crippen molar-refractivity contribution in [2.45, 2.75) is 56.9 Å². The molecule has 0 saturated carbocycles. The molecule has 0 aliphatic carbocycles. The second-order valence-corrected chi connectivity index (χ2v) is 12.4. The molecule has 0 spiro atoms. The highest BCUT2D eigenvalue weighted by atomic mass is 35.5. The van der Waals surface area contributed by atoms with Gasteiger partial charge in [-0.1, -0.05) is 35.9 Å². The highest BCUT2D eigenvalue weighted by Gasteiger charge is 2.34.